The molecule has 4 rings (SSSR count). The summed E-state index contributed by atoms with van der Waals surface area (Å²) in [6.45, 7) is 21.9. The maximum absolute atomic E-state index is 14.3. The molecule has 3 aliphatic rings. The lowest BCUT2D eigenvalue weighted by atomic mass is 9.74. The monoisotopic (exact) mass is 557 g/mol. The Morgan fingerprint density at radius 3 is 2.05 bits per heavy atom. The number of hydrogen-bond donors (Lipinski definition) is 0. The van der Waals surface area contributed by atoms with Gasteiger partial charge in [-0.2, -0.15) is 0 Å². The Hall–Kier alpha value is -1.59. The number of halogens is 1. The summed E-state index contributed by atoms with van der Waals surface area (Å²) in [5, 5.41) is 0.720. The van der Waals surface area contributed by atoms with Gasteiger partial charge in [-0.1, -0.05) is 58.4 Å². The van der Waals surface area contributed by atoms with Crippen LogP contribution in [0.4, 0.5) is 0 Å². The van der Waals surface area contributed by atoms with Crippen LogP contribution in [0.2, 0.25) is 5.02 Å². The summed E-state index contributed by atoms with van der Waals surface area (Å²) >= 11 is 6.21. The van der Waals surface area contributed by atoms with Gasteiger partial charge in [0.25, 0.3) is 0 Å². The molecule has 1 aromatic rings. The van der Waals surface area contributed by atoms with E-state index in [1.807, 2.05) is 32.9 Å². The quantitative estimate of drug-likeness (QED) is 0.401. The summed E-state index contributed by atoms with van der Waals surface area (Å²) in [5.74, 6) is 0.504. The number of benzene rings is 1. The summed E-state index contributed by atoms with van der Waals surface area (Å²) in [5.41, 5.74) is 1.08. The van der Waals surface area contributed by atoms with Crippen molar-refractivity contribution >= 4 is 23.4 Å². The number of nitrogens with zero attached hydrogens (tertiary/aromatic N) is 3. The van der Waals surface area contributed by atoms with E-state index in [0.717, 1.165) is 50.2 Å². The van der Waals surface area contributed by atoms with Gasteiger partial charge in [-0.15, -0.1) is 0 Å². The van der Waals surface area contributed by atoms with Crippen LogP contribution in [0.1, 0.15) is 106 Å². The lowest BCUT2D eigenvalue weighted by Crippen LogP contribution is -2.54. The third-order valence-electron chi connectivity index (χ3n) is 9.69. The highest BCUT2D eigenvalue weighted by Gasteiger charge is 2.48. The molecular formula is C33H52ClN3O2. The molecular weight excluding hydrogens is 506 g/mol. The van der Waals surface area contributed by atoms with Crippen molar-refractivity contribution in [3.05, 3.63) is 34.9 Å². The number of likely N-dealkylation sites (tertiary alicyclic amines) is 2. The van der Waals surface area contributed by atoms with Crippen molar-refractivity contribution in [3.63, 3.8) is 0 Å². The van der Waals surface area contributed by atoms with Crippen molar-refractivity contribution in [1.29, 1.82) is 0 Å². The minimum Gasteiger partial charge on any atom is -0.338 e. The van der Waals surface area contributed by atoms with Crippen LogP contribution in [-0.2, 0) is 9.59 Å². The molecule has 4 atom stereocenters. The smallest absolute Gasteiger partial charge is 0.228 e. The number of rotatable bonds is 4. The van der Waals surface area contributed by atoms with Crippen LogP contribution in [0.5, 0.6) is 0 Å². The fraction of sp³-hybridized carbons (Fsp3) is 0.758. The Balaban J connectivity index is 1.58. The fourth-order valence-electron chi connectivity index (χ4n) is 7.05. The zero-order valence-electron chi connectivity index (χ0n) is 25.9. The first-order valence-corrected chi connectivity index (χ1v) is 15.5. The van der Waals surface area contributed by atoms with Crippen LogP contribution in [0.15, 0.2) is 24.3 Å². The van der Waals surface area contributed by atoms with Crippen molar-refractivity contribution in [2.45, 2.75) is 124 Å². The molecule has 2 saturated heterocycles. The van der Waals surface area contributed by atoms with Crippen LogP contribution >= 0.6 is 11.6 Å². The molecule has 39 heavy (non-hydrogen) atoms. The van der Waals surface area contributed by atoms with Crippen LogP contribution < -0.4 is 0 Å². The zero-order valence-corrected chi connectivity index (χ0v) is 26.6. The second kappa shape index (κ2) is 11.0. The number of amides is 2. The van der Waals surface area contributed by atoms with Crippen molar-refractivity contribution in [3.8, 4) is 0 Å². The molecule has 1 aromatic carbocycles. The molecule has 5 nitrogen and oxygen atoms in total. The predicted molar refractivity (Wildman–Crippen MR) is 161 cm³/mol. The highest BCUT2D eigenvalue weighted by molar-refractivity contribution is 6.30. The molecule has 0 unspecified atom stereocenters. The minimum absolute atomic E-state index is 0.0104. The molecule has 6 heteroatoms. The molecule has 2 aliphatic heterocycles. The third-order valence-corrected chi connectivity index (χ3v) is 9.94. The molecule has 1 aliphatic carbocycles. The molecule has 0 spiro atoms. The van der Waals surface area contributed by atoms with Gasteiger partial charge in [-0.3, -0.25) is 14.5 Å². The average molecular weight is 558 g/mol. The molecule has 0 radical (unpaired) electrons. The molecule has 0 bridgehead atoms. The Morgan fingerprint density at radius 1 is 0.923 bits per heavy atom. The summed E-state index contributed by atoms with van der Waals surface area (Å²) in [6.07, 6.45) is 5.24. The first kappa shape index (κ1) is 30.4. The molecule has 1 saturated carbocycles. The standard InChI is InChI=1S/C33H52ClN3O2/c1-22-18-26(37(30(39)31(2,3)4)25-14-16-33(8,9)17-15-25)19-36(22)29(38)28-21-35(32(5,6)7)20-27(28)23-10-12-24(34)13-11-23/h10-13,22,25-28H,14-21H2,1-9H3/t22-,26-,27-,28+/m0/s1. The summed E-state index contributed by atoms with van der Waals surface area (Å²) in [4.78, 5) is 35.0. The van der Waals surface area contributed by atoms with Crippen LogP contribution in [0.25, 0.3) is 0 Å². The third kappa shape index (κ3) is 6.67. The number of carbonyl (C=O) groups excluding carboxylic acids is 2. The van der Waals surface area contributed by atoms with Gasteiger partial charge in [0.1, 0.15) is 0 Å². The van der Waals surface area contributed by atoms with E-state index in [0.29, 0.717) is 12.0 Å². The minimum atomic E-state index is -0.439. The van der Waals surface area contributed by atoms with E-state index in [4.69, 9.17) is 11.6 Å². The van der Waals surface area contributed by atoms with E-state index in [-0.39, 0.29) is 47.3 Å². The second-order valence-corrected chi connectivity index (χ2v) is 15.9. The normalized spacial score (nSPS) is 28.6. The van der Waals surface area contributed by atoms with Gasteiger partial charge in [0, 0.05) is 53.6 Å². The molecule has 2 amide bonds. The van der Waals surface area contributed by atoms with E-state index < -0.39 is 5.41 Å². The van der Waals surface area contributed by atoms with Crippen molar-refractivity contribution < 1.29 is 9.59 Å². The molecule has 0 N–H and O–H groups in total. The number of hydrogen-bond acceptors (Lipinski definition) is 3. The summed E-state index contributed by atoms with van der Waals surface area (Å²) in [6, 6.07) is 8.51. The van der Waals surface area contributed by atoms with E-state index in [1.165, 1.54) is 5.56 Å². The second-order valence-electron chi connectivity index (χ2n) is 15.4. The fourth-order valence-corrected chi connectivity index (χ4v) is 7.18. The van der Waals surface area contributed by atoms with Crippen molar-refractivity contribution in [2.75, 3.05) is 19.6 Å². The lowest BCUT2D eigenvalue weighted by Gasteiger charge is -2.45. The zero-order chi connectivity index (χ0) is 28.9. The SMILES string of the molecule is C[C@H]1C[C@H](N(C(=O)C(C)(C)C)C2CCC(C)(C)CC2)CN1C(=O)[C@@H]1CN(C(C)(C)C)C[C@H]1c1ccc(Cl)cc1. The molecule has 3 fully saturated rings. The first-order valence-electron chi connectivity index (χ1n) is 15.1. The van der Waals surface area contributed by atoms with Gasteiger partial charge < -0.3 is 9.80 Å². The van der Waals surface area contributed by atoms with E-state index >= 15 is 0 Å². The summed E-state index contributed by atoms with van der Waals surface area (Å²) in [7, 11) is 0. The Labute approximate surface area is 242 Å². The maximum Gasteiger partial charge on any atom is 0.228 e. The maximum atomic E-state index is 14.3. The van der Waals surface area contributed by atoms with Crippen molar-refractivity contribution in [2.24, 2.45) is 16.7 Å². The molecule has 2 heterocycles. The van der Waals surface area contributed by atoms with Crippen LogP contribution in [-0.4, -0.2) is 69.8 Å². The van der Waals surface area contributed by atoms with E-state index in [1.54, 1.807) is 0 Å². The van der Waals surface area contributed by atoms with Gasteiger partial charge in [-0.25, -0.2) is 0 Å². The van der Waals surface area contributed by atoms with E-state index in [9.17, 15) is 9.59 Å². The van der Waals surface area contributed by atoms with Gasteiger partial charge in [-0.05, 0) is 82.9 Å². The Kier molecular flexibility index (Phi) is 8.57. The van der Waals surface area contributed by atoms with Gasteiger partial charge >= 0.3 is 0 Å². The Morgan fingerprint density at radius 2 is 1.51 bits per heavy atom. The van der Waals surface area contributed by atoms with Crippen LogP contribution in [0, 0.1) is 16.7 Å². The van der Waals surface area contributed by atoms with Crippen LogP contribution in [0.3, 0.4) is 0 Å². The van der Waals surface area contributed by atoms with Gasteiger partial charge in [0.2, 0.25) is 11.8 Å². The number of carbonyl (C=O) groups is 2. The lowest BCUT2D eigenvalue weighted by molar-refractivity contribution is -0.147. The highest BCUT2D eigenvalue weighted by atomic mass is 35.5. The Bertz CT molecular complexity index is 1030. The predicted octanol–water partition coefficient (Wildman–Crippen LogP) is 6.99. The largest absolute Gasteiger partial charge is 0.338 e. The van der Waals surface area contributed by atoms with Gasteiger partial charge in [0.05, 0.1) is 12.0 Å². The molecule has 0 aromatic heterocycles. The average Bonchev–Trinajstić information content (AvgIpc) is 3.44. The van der Waals surface area contributed by atoms with Crippen molar-refractivity contribution in [1.82, 2.24) is 14.7 Å². The summed E-state index contributed by atoms with van der Waals surface area (Å²) < 4.78 is 0. The molecule has 218 valence electrons. The van der Waals surface area contributed by atoms with E-state index in [2.05, 4.69) is 68.4 Å². The highest BCUT2D eigenvalue weighted by Crippen LogP contribution is 2.42. The first-order chi connectivity index (χ1) is 18.0. The van der Waals surface area contributed by atoms with Gasteiger partial charge in [0.15, 0.2) is 0 Å². The topological polar surface area (TPSA) is 43.9 Å².